The van der Waals surface area contributed by atoms with E-state index < -0.39 is 0 Å². The van der Waals surface area contributed by atoms with Crippen molar-refractivity contribution in [2.45, 2.75) is 13.3 Å². The molecule has 3 aromatic rings. The van der Waals surface area contributed by atoms with Crippen LogP contribution in [0.25, 0.3) is 22.6 Å². The van der Waals surface area contributed by atoms with Gasteiger partial charge in [-0.3, -0.25) is 4.79 Å². The number of hydrogen-bond donors (Lipinski definition) is 0. The zero-order valence-electron chi connectivity index (χ0n) is 12.2. The molecule has 110 valence electrons. The highest BCUT2D eigenvalue weighted by Gasteiger charge is 2.08. The Morgan fingerprint density at radius 2 is 1.86 bits per heavy atom. The van der Waals surface area contributed by atoms with Gasteiger partial charge in [0.25, 0.3) is 0 Å². The van der Waals surface area contributed by atoms with Crippen LogP contribution in [0.15, 0.2) is 63.8 Å². The molecule has 1 heterocycles. The fraction of sp³-hybridized carbons (Fsp3) is 0.105. The average molecular weight is 311 g/mol. The monoisotopic (exact) mass is 310 g/mol. The first-order valence-electron chi connectivity index (χ1n) is 7.17. The third kappa shape index (κ3) is 2.97. The summed E-state index contributed by atoms with van der Waals surface area (Å²) in [7, 11) is 0. The van der Waals surface area contributed by atoms with Crippen LogP contribution in [0.1, 0.15) is 24.7 Å². The van der Waals surface area contributed by atoms with Crippen LogP contribution in [0.4, 0.5) is 0 Å². The highest BCUT2D eigenvalue weighted by atomic mass is 35.5. The van der Waals surface area contributed by atoms with Gasteiger partial charge in [0, 0.05) is 11.1 Å². The summed E-state index contributed by atoms with van der Waals surface area (Å²) < 4.78 is 5.90. The van der Waals surface area contributed by atoms with Crippen LogP contribution in [0.2, 0.25) is 5.02 Å². The summed E-state index contributed by atoms with van der Waals surface area (Å²) in [5.41, 5.74) is 2.59. The summed E-state index contributed by atoms with van der Waals surface area (Å²) >= 11 is 5.90. The SMILES string of the molecule is CC/C(=C\c1ccc(Cl)cc1)c1cc(=O)c2ccccc2o1. The average Bonchev–Trinajstić information content (AvgIpc) is 2.54. The molecular formula is C19H15ClO2. The maximum Gasteiger partial charge on any atom is 0.193 e. The Kier molecular flexibility index (Phi) is 4.12. The van der Waals surface area contributed by atoms with Crippen molar-refractivity contribution in [3.8, 4) is 0 Å². The smallest absolute Gasteiger partial charge is 0.193 e. The molecule has 0 saturated carbocycles. The van der Waals surface area contributed by atoms with Gasteiger partial charge in [-0.25, -0.2) is 0 Å². The molecule has 0 amide bonds. The van der Waals surface area contributed by atoms with E-state index in [1.807, 2.05) is 55.5 Å². The fourth-order valence-electron chi connectivity index (χ4n) is 2.37. The van der Waals surface area contributed by atoms with E-state index in [2.05, 4.69) is 0 Å². The van der Waals surface area contributed by atoms with Gasteiger partial charge in [0.2, 0.25) is 0 Å². The molecule has 0 fully saturated rings. The summed E-state index contributed by atoms with van der Waals surface area (Å²) in [5.74, 6) is 0.612. The number of halogens is 1. The lowest BCUT2D eigenvalue weighted by Gasteiger charge is -2.06. The van der Waals surface area contributed by atoms with E-state index in [0.717, 1.165) is 17.6 Å². The molecule has 2 nitrogen and oxygen atoms in total. The van der Waals surface area contributed by atoms with Crippen molar-refractivity contribution in [3.63, 3.8) is 0 Å². The first kappa shape index (κ1) is 14.6. The quantitative estimate of drug-likeness (QED) is 0.648. The second kappa shape index (κ2) is 6.20. The lowest BCUT2D eigenvalue weighted by molar-refractivity contribution is 0.584. The molecule has 0 aliphatic rings. The van der Waals surface area contributed by atoms with E-state index in [0.29, 0.717) is 21.8 Å². The maximum absolute atomic E-state index is 12.2. The van der Waals surface area contributed by atoms with Crippen molar-refractivity contribution in [1.29, 1.82) is 0 Å². The molecule has 0 saturated heterocycles. The third-order valence-electron chi connectivity index (χ3n) is 3.54. The molecule has 3 heteroatoms. The Balaban J connectivity index is 2.11. The third-order valence-corrected chi connectivity index (χ3v) is 3.79. The maximum atomic E-state index is 12.2. The van der Waals surface area contributed by atoms with Crippen molar-refractivity contribution in [2.75, 3.05) is 0 Å². The molecule has 3 rings (SSSR count). The number of fused-ring (bicyclic) bond motifs is 1. The summed E-state index contributed by atoms with van der Waals surface area (Å²) in [6, 6.07) is 16.4. The number of hydrogen-bond acceptors (Lipinski definition) is 2. The normalized spacial score (nSPS) is 11.8. The van der Waals surface area contributed by atoms with E-state index in [-0.39, 0.29) is 5.43 Å². The van der Waals surface area contributed by atoms with Gasteiger partial charge in [0.15, 0.2) is 5.43 Å². The fourth-order valence-corrected chi connectivity index (χ4v) is 2.50. The highest BCUT2D eigenvalue weighted by Crippen LogP contribution is 2.24. The molecule has 0 aliphatic carbocycles. The second-order valence-corrected chi connectivity index (χ2v) is 5.48. The van der Waals surface area contributed by atoms with Gasteiger partial charge in [-0.05, 0) is 47.9 Å². The van der Waals surface area contributed by atoms with E-state index in [9.17, 15) is 4.79 Å². The van der Waals surface area contributed by atoms with Crippen LogP contribution in [0.3, 0.4) is 0 Å². The minimum absolute atomic E-state index is 0.0210. The Morgan fingerprint density at radius 3 is 2.59 bits per heavy atom. The van der Waals surface area contributed by atoms with Gasteiger partial charge in [0.05, 0.1) is 5.39 Å². The Morgan fingerprint density at radius 1 is 1.14 bits per heavy atom. The Labute approximate surface area is 133 Å². The van der Waals surface area contributed by atoms with Crippen LogP contribution in [-0.2, 0) is 0 Å². The predicted molar refractivity (Wildman–Crippen MR) is 92.1 cm³/mol. The summed E-state index contributed by atoms with van der Waals surface area (Å²) in [6.07, 6.45) is 2.79. The van der Waals surface area contributed by atoms with Crippen LogP contribution < -0.4 is 5.43 Å². The Hall–Kier alpha value is -2.32. The van der Waals surface area contributed by atoms with Crippen molar-refractivity contribution < 1.29 is 4.42 Å². The molecule has 1 aromatic heterocycles. The van der Waals surface area contributed by atoms with E-state index in [1.165, 1.54) is 0 Å². The number of benzene rings is 2. The molecule has 0 bridgehead atoms. The van der Waals surface area contributed by atoms with E-state index in [1.54, 1.807) is 12.1 Å². The number of allylic oxidation sites excluding steroid dienone is 1. The predicted octanol–water partition coefficient (Wildman–Crippen LogP) is 5.40. The van der Waals surface area contributed by atoms with Gasteiger partial charge in [0.1, 0.15) is 11.3 Å². The minimum Gasteiger partial charge on any atom is -0.456 e. The molecule has 0 radical (unpaired) electrons. The van der Waals surface area contributed by atoms with Gasteiger partial charge in [-0.2, -0.15) is 0 Å². The van der Waals surface area contributed by atoms with Crippen molar-refractivity contribution >= 4 is 34.2 Å². The lowest BCUT2D eigenvalue weighted by Crippen LogP contribution is -2.01. The molecule has 0 spiro atoms. The minimum atomic E-state index is -0.0210. The lowest BCUT2D eigenvalue weighted by atomic mass is 10.1. The van der Waals surface area contributed by atoms with Crippen LogP contribution in [0.5, 0.6) is 0 Å². The van der Waals surface area contributed by atoms with Crippen LogP contribution >= 0.6 is 11.6 Å². The van der Waals surface area contributed by atoms with E-state index in [4.69, 9.17) is 16.0 Å². The van der Waals surface area contributed by atoms with Gasteiger partial charge >= 0.3 is 0 Å². The van der Waals surface area contributed by atoms with Crippen LogP contribution in [-0.4, -0.2) is 0 Å². The largest absolute Gasteiger partial charge is 0.456 e. The van der Waals surface area contributed by atoms with Gasteiger partial charge in [-0.1, -0.05) is 42.8 Å². The molecule has 0 atom stereocenters. The molecular weight excluding hydrogens is 296 g/mol. The molecule has 0 N–H and O–H groups in total. The first-order chi connectivity index (χ1) is 10.7. The molecule has 2 aromatic carbocycles. The van der Waals surface area contributed by atoms with Crippen LogP contribution in [0, 0.1) is 0 Å². The molecule has 22 heavy (non-hydrogen) atoms. The standard InChI is InChI=1S/C19H15ClO2/c1-2-14(11-13-7-9-15(20)10-8-13)19-12-17(21)16-5-3-4-6-18(16)22-19/h3-12H,2H2,1H3/b14-11+. The zero-order valence-corrected chi connectivity index (χ0v) is 12.9. The van der Waals surface area contributed by atoms with Gasteiger partial charge < -0.3 is 4.42 Å². The first-order valence-corrected chi connectivity index (χ1v) is 7.54. The molecule has 0 aliphatic heterocycles. The number of para-hydroxylation sites is 1. The highest BCUT2D eigenvalue weighted by molar-refractivity contribution is 6.30. The zero-order chi connectivity index (χ0) is 15.5. The Bertz CT molecular complexity index is 889. The van der Waals surface area contributed by atoms with Crippen molar-refractivity contribution in [3.05, 3.63) is 81.2 Å². The summed E-state index contributed by atoms with van der Waals surface area (Å²) in [4.78, 5) is 12.2. The molecule has 0 unspecified atom stereocenters. The number of rotatable bonds is 3. The van der Waals surface area contributed by atoms with Crippen molar-refractivity contribution in [1.82, 2.24) is 0 Å². The second-order valence-electron chi connectivity index (χ2n) is 5.05. The summed E-state index contributed by atoms with van der Waals surface area (Å²) in [6.45, 7) is 2.04. The van der Waals surface area contributed by atoms with Crippen molar-refractivity contribution in [2.24, 2.45) is 0 Å². The topological polar surface area (TPSA) is 30.2 Å². The van der Waals surface area contributed by atoms with E-state index >= 15 is 0 Å². The summed E-state index contributed by atoms with van der Waals surface area (Å²) in [5, 5.41) is 1.31. The van der Waals surface area contributed by atoms with Gasteiger partial charge in [-0.15, -0.1) is 0 Å².